The standard InChI is InChI=1S/C14H14N2O2/c1-8(2)18-10-4-5-13-11(6-10)9(3)12(7-15)14(17)16-13/h4-6,8H,1-3H3,(H,16,17). The summed E-state index contributed by atoms with van der Waals surface area (Å²) in [6.07, 6.45) is 0.0842. The lowest BCUT2D eigenvalue weighted by atomic mass is 10.1. The van der Waals surface area contributed by atoms with Crippen molar-refractivity contribution in [3.05, 3.63) is 39.7 Å². The van der Waals surface area contributed by atoms with E-state index in [0.717, 1.165) is 11.1 Å². The van der Waals surface area contributed by atoms with Crippen molar-refractivity contribution in [1.29, 1.82) is 5.26 Å². The molecule has 4 heteroatoms. The molecule has 1 aromatic carbocycles. The molecule has 4 nitrogen and oxygen atoms in total. The lowest BCUT2D eigenvalue weighted by Crippen LogP contribution is -2.12. The second-order valence-electron chi connectivity index (χ2n) is 4.44. The maximum absolute atomic E-state index is 11.6. The molecule has 0 aliphatic heterocycles. The van der Waals surface area contributed by atoms with Gasteiger partial charge in [0, 0.05) is 10.9 Å². The summed E-state index contributed by atoms with van der Waals surface area (Å²) in [5, 5.41) is 9.81. The van der Waals surface area contributed by atoms with E-state index < -0.39 is 0 Å². The molecular formula is C14H14N2O2. The number of benzene rings is 1. The number of nitrogens with one attached hydrogen (secondary N) is 1. The van der Waals surface area contributed by atoms with Gasteiger partial charge in [0.1, 0.15) is 17.4 Å². The average Bonchev–Trinajstić information content (AvgIpc) is 2.30. The Morgan fingerprint density at radius 1 is 1.39 bits per heavy atom. The van der Waals surface area contributed by atoms with Crippen molar-refractivity contribution in [2.75, 3.05) is 0 Å². The largest absolute Gasteiger partial charge is 0.491 e. The van der Waals surface area contributed by atoms with Gasteiger partial charge in [-0.15, -0.1) is 0 Å². The van der Waals surface area contributed by atoms with E-state index in [1.54, 1.807) is 13.0 Å². The molecule has 0 saturated carbocycles. The molecule has 0 amide bonds. The second-order valence-corrected chi connectivity index (χ2v) is 4.44. The molecule has 0 radical (unpaired) electrons. The van der Waals surface area contributed by atoms with Gasteiger partial charge in [-0.25, -0.2) is 0 Å². The summed E-state index contributed by atoms with van der Waals surface area (Å²) in [4.78, 5) is 14.3. The normalized spacial score (nSPS) is 10.6. The Morgan fingerprint density at radius 2 is 2.11 bits per heavy atom. The zero-order valence-electron chi connectivity index (χ0n) is 10.6. The SMILES string of the molecule is Cc1c(C#N)c(=O)[nH]c2ccc(OC(C)C)cc12. The lowest BCUT2D eigenvalue weighted by molar-refractivity contribution is 0.243. The van der Waals surface area contributed by atoms with E-state index in [2.05, 4.69) is 4.98 Å². The molecule has 2 aromatic rings. The van der Waals surface area contributed by atoms with Crippen LogP contribution in [0.5, 0.6) is 5.75 Å². The molecule has 0 spiro atoms. The van der Waals surface area contributed by atoms with Crippen molar-refractivity contribution in [2.45, 2.75) is 26.9 Å². The first-order valence-electron chi connectivity index (χ1n) is 5.76. The Hall–Kier alpha value is -2.28. The fourth-order valence-corrected chi connectivity index (χ4v) is 1.91. The van der Waals surface area contributed by atoms with E-state index in [1.165, 1.54) is 0 Å². The third-order valence-electron chi connectivity index (χ3n) is 2.73. The summed E-state index contributed by atoms with van der Waals surface area (Å²) < 4.78 is 5.61. The van der Waals surface area contributed by atoms with E-state index >= 15 is 0 Å². The molecule has 0 fully saturated rings. The number of nitriles is 1. The Labute approximate surface area is 105 Å². The Morgan fingerprint density at radius 3 is 2.72 bits per heavy atom. The number of aromatic nitrogens is 1. The summed E-state index contributed by atoms with van der Waals surface area (Å²) in [6, 6.07) is 7.38. The predicted molar refractivity (Wildman–Crippen MR) is 69.8 cm³/mol. The van der Waals surface area contributed by atoms with Gasteiger partial charge in [-0.2, -0.15) is 5.26 Å². The van der Waals surface area contributed by atoms with Crippen molar-refractivity contribution >= 4 is 10.9 Å². The van der Waals surface area contributed by atoms with Crippen LogP contribution < -0.4 is 10.3 Å². The molecule has 0 saturated heterocycles. The maximum Gasteiger partial charge on any atom is 0.266 e. The molecule has 0 aliphatic carbocycles. The van der Waals surface area contributed by atoms with Crippen LogP contribution in [-0.4, -0.2) is 11.1 Å². The highest BCUT2D eigenvalue weighted by Crippen LogP contribution is 2.23. The summed E-state index contributed by atoms with van der Waals surface area (Å²) in [5.74, 6) is 0.733. The van der Waals surface area contributed by atoms with Crippen molar-refractivity contribution < 1.29 is 4.74 Å². The number of pyridine rings is 1. The monoisotopic (exact) mass is 242 g/mol. The molecule has 1 heterocycles. The summed E-state index contributed by atoms with van der Waals surface area (Å²) in [6.45, 7) is 5.67. The molecule has 1 N–H and O–H groups in total. The Bertz CT molecular complexity index is 693. The van der Waals surface area contributed by atoms with Crippen LogP contribution >= 0.6 is 0 Å². The molecule has 0 aliphatic rings. The highest BCUT2D eigenvalue weighted by molar-refractivity contribution is 5.84. The van der Waals surface area contributed by atoms with E-state index in [-0.39, 0.29) is 17.2 Å². The van der Waals surface area contributed by atoms with Crippen LogP contribution in [0.3, 0.4) is 0 Å². The number of H-pyrrole nitrogens is 1. The van der Waals surface area contributed by atoms with Gasteiger partial charge in [0.25, 0.3) is 5.56 Å². The molecule has 2 rings (SSSR count). The number of rotatable bonds is 2. The molecule has 92 valence electrons. The fourth-order valence-electron chi connectivity index (χ4n) is 1.91. The highest BCUT2D eigenvalue weighted by Gasteiger charge is 2.09. The molecule has 0 atom stereocenters. The number of hydrogen-bond donors (Lipinski definition) is 1. The van der Waals surface area contributed by atoms with Crippen LogP contribution in [0.2, 0.25) is 0 Å². The molecule has 0 bridgehead atoms. The Kier molecular flexibility index (Phi) is 3.07. The van der Waals surface area contributed by atoms with E-state index in [0.29, 0.717) is 11.1 Å². The number of nitrogens with zero attached hydrogens (tertiary/aromatic N) is 1. The number of fused-ring (bicyclic) bond motifs is 1. The minimum absolute atomic E-state index is 0.0842. The summed E-state index contributed by atoms with van der Waals surface area (Å²) >= 11 is 0. The van der Waals surface area contributed by atoms with Gasteiger partial charge in [0.15, 0.2) is 0 Å². The first kappa shape index (κ1) is 12.2. The van der Waals surface area contributed by atoms with Gasteiger partial charge in [0.05, 0.1) is 6.10 Å². The highest BCUT2D eigenvalue weighted by atomic mass is 16.5. The molecule has 18 heavy (non-hydrogen) atoms. The maximum atomic E-state index is 11.6. The Balaban J connectivity index is 2.69. The minimum Gasteiger partial charge on any atom is -0.491 e. The van der Waals surface area contributed by atoms with E-state index in [4.69, 9.17) is 10.00 Å². The van der Waals surface area contributed by atoms with Crippen molar-refractivity contribution in [1.82, 2.24) is 4.98 Å². The lowest BCUT2D eigenvalue weighted by Gasteiger charge is -2.11. The quantitative estimate of drug-likeness (QED) is 0.879. The zero-order valence-corrected chi connectivity index (χ0v) is 10.6. The first-order chi connectivity index (χ1) is 8.52. The van der Waals surface area contributed by atoms with Gasteiger partial charge in [-0.1, -0.05) is 0 Å². The third-order valence-corrected chi connectivity index (χ3v) is 2.73. The topological polar surface area (TPSA) is 65.9 Å². The van der Waals surface area contributed by atoms with Gasteiger partial charge in [-0.3, -0.25) is 4.79 Å². The average molecular weight is 242 g/mol. The smallest absolute Gasteiger partial charge is 0.266 e. The van der Waals surface area contributed by atoms with Crippen LogP contribution in [0.15, 0.2) is 23.0 Å². The fraction of sp³-hybridized carbons (Fsp3) is 0.286. The molecule has 0 unspecified atom stereocenters. The van der Waals surface area contributed by atoms with Gasteiger partial charge in [0.2, 0.25) is 0 Å². The molecule has 1 aromatic heterocycles. The van der Waals surface area contributed by atoms with Gasteiger partial charge in [-0.05, 0) is 44.5 Å². The van der Waals surface area contributed by atoms with Crippen molar-refractivity contribution in [2.24, 2.45) is 0 Å². The summed E-state index contributed by atoms with van der Waals surface area (Å²) in [5.41, 5.74) is 1.21. The first-order valence-corrected chi connectivity index (χ1v) is 5.76. The second kappa shape index (κ2) is 4.53. The number of ether oxygens (including phenoxy) is 1. The number of aromatic amines is 1. The molecular weight excluding hydrogens is 228 g/mol. The van der Waals surface area contributed by atoms with Crippen LogP contribution in [0.4, 0.5) is 0 Å². The number of aryl methyl sites for hydroxylation is 1. The minimum atomic E-state index is -0.347. The van der Waals surface area contributed by atoms with Crippen LogP contribution in [0, 0.1) is 18.3 Å². The summed E-state index contributed by atoms with van der Waals surface area (Å²) in [7, 11) is 0. The van der Waals surface area contributed by atoms with Crippen molar-refractivity contribution in [3.8, 4) is 11.8 Å². The van der Waals surface area contributed by atoms with Crippen LogP contribution in [0.1, 0.15) is 25.0 Å². The predicted octanol–water partition coefficient (Wildman–Crippen LogP) is 2.50. The number of hydrogen-bond acceptors (Lipinski definition) is 3. The van der Waals surface area contributed by atoms with Crippen LogP contribution in [-0.2, 0) is 0 Å². The van der Waals surface area contributed by atoms with Gasteiger partial charge < -0.3 is 9.72 Å². The van der Waals surface area contributed by atoms with Gasteiger partial charge >= 0.3 is 0 Å². The van der Waals surface area contributed by atoms with Crippen LogP contribution in [0.25, 0.3) is 10.9 Å². The van der Waals surface area contributed by atoms with E-state index in [1.807, 2.05) is 32.0 Å². The van der Waals surface area contributed by atoms with E-state index in [9.17, 15) is 4.79 Å². The van der Waals surface area contributed by atoms with Crippen molar-refractivity contribution in [3.63, 3.8) is 0 Å². The third kappa shape index (κ3) is 2.07. The zero-order chi connectivity index (χ0) is 13.3.